The number of rotatable bonds is 2. The predicted molar refractivity (Wildman–Crippen MR) is 58.3 cm³/mol. The summed E-state index contributed by atoms with van der Waals surface area (Å²) < 4.78 is 2.17. The number of carbonyl (C=O) groups is 1. The Balaban J connectivity index is 2.45. The Morgan fingerprint density at radius 2 is 2.07 bits per heavy atom. The number of aryl methyl sites for hydroxylation is 1. The molecule has 0 radical (unpaired) electrons. The molecule has 0 aliphatic heterocycles. The zero-order valence-corrected chi connectivity index (χ0v) is 9.66. The summed E-state index contributed by atoms with van der Waals surface area (Å²) in [5.74, 6) is -0.826. The van der Waals surface area contributed by atoms with Crippen LogP contribution in [0.15, 0.2) is 6.07 Å². The van der Waals surface area contributed by atoms with Crippen molar-refractivity contribution < 1.29 is 9.90 Å². The minimum atomic E-state index is -0.826. The first kappa shape index (κ1) is 10.3. The Morgan fingerprint density at radius 1 is 1.53 bits per heavy atom. The molecule has 82 valence electrons. The number of carboxylic acids is 1. The average Bonchev–Trinajstić information content (AvgIpc) is 2.58. The molecule has 3 heteroatoms. The fourth-order valence-corrected chi connectivity index (χ4v) is 2.35. The summed E-state index contributed by atoms with van der Waals surface area (Å²) in [6.45, 7) is 8.31. The largest absolute Gasteiger partial charge is 0.478 e. The second-order valence-electron chi connectivity index (χ2n) is 5.17. The molecule has 1 aromatic heterocycles. The first-order valence-electron chi connectivity index (χ1n) is 5.26. The zero-order chi connectivity index (χ0) is 11.4. The quantitative estimate of drug-likeness (QED) is 0.810. The Hall–Kier alpha value is -1.25. The highest BCUT2D eigenvalue weighted by Crippen LogP contribution is 2.56. The van der Waals surface area contributed by atoms with Crippen molar-refractivity contribution in [2.45, 2.75) is 40.2 Å². The lowest BCUT2D eigenvalue weighted by Crippen LogP contribution is -2.06. The second-order valence-corrected chi connectivity index (χ2v) is 5.17. The summed E-state index contributed by atoms with van der Waals surface area (Å²) in [4.78, 5) is 11.0. The van der Waals surface area contributed by atoms with E-state index in [0.717, 1.165) is 17.8 Å². The van der Waals surface area contributed by atoms with Gasteiger partial charge in [-0.25, -0.2) is 4.79 Å². The van der Waals surface area contributed by atoms with Crippen LogP contribution < -0.4 is 0 Å². The third-order valence-electron chi connectivity index (χ3n) is 3.49. The molecule has 1 N–H and O–H groups in total. The predicted octanol–water partition coefficient (Wildman–Crippen LogP) is 2.77. The molecule has 0 amide bonds. The number of nitrogens with zero attached hydrogens (tertiary/aromatic N) is 1. The maximum absolute atomic E-state index is 11.0. The van der Waals surface area contributed by atoms with E-state index in [-0.39, 0.29) is 0 Å². The Morgan fingerprint density at radius 3 is 2.40 bits per heavy atom. The molecule has 0 saturated heterocycles. The fourth-order valence-electron chi connectivity index (χ4n) is 2.35. The van der Waals surface area contributed by atoms with Crippen molar-refractivity contribution in [3.63, 3.8) is 0 Å². The van der Waals surface area contributed by atoms with Crippen molar-refractivity contribution in [2.24, 2.45) is 5.41 Å². The third-order valence-corrected chi connectivity index (χ3v) is 3.49. The summed E-state index contributed by atoms with van der Waals surface area (Å²) in [6, 6.07) is 2.25. The fraction of sp³-hybridized carbons (Fsp3) is 0.583. The highest BCUT2D eigenvalue weighted by molar-refractivity contribution is 5.89. The molecule has 0 bridgehead atoms. The van der Waals surface area contributed by atoms with Gasteiger partial charge in [-0.1, -0.05) is 13.8 Å². The van der Waals surface area contributed by atoms with Crippen molar-refractivity contribution in [3.8, 4) is 0 Å². The summed E-state index contributed by atoms with van der Waals surface area (Å²) in [6.07, 6.45) is 1.14. The number of hydrogen-bond acceptors (Lipinski definition) is 1. The summed E-state index contributed by atoms with van der Waals surface area (Å²) in [7, 11) is 0. The van der Waals surface area contributed by atoms with E-state index in [2.05, 4.69) is 18.4 Å². The van der Waals surface area contributed by atoms with E-state index in [0.29, 0.717) is 17.0 Å². The second kappa shape index (κ2) is 2.87. The van der Waals surface area contributed by atoms with Gasteiger partial charge in [-0.05, 0) is 31.7 Å². The molecule has 1 aliphatic rings. The molecule has 1 aliphatic carbocycles. The van der Waals surface area contributed by atoms with Crippen molar-refractivity contribution >= 4 is 5.97 Å². The van der Waals surface area contributed by atoms with Gasteiger partial charge in [0.1, 0.15) is 0 Å². The van der Waals surface area contributed by atoms with Gasteiger partial charge in [-0.3, -0.25) is 0 Å². The van der Waals surface area contributed by atoms with Crippen LogP contribution in [0.1, 0.15) is 48.1 Å². The first-order chi connectivity index (χ1) is 6.84. The Kier molecular flexibility index (Phi) is 1.97. The summed E-state index contributed by atoms with van der Waals surface area (Å²) in [5.41, 5.74) is 2.70. The number of hydrogen-bond donors (Lipinski definition) is 1. The summed E-state index contributed by atoms with van der Waals surface area (Å²) >= 11 is 0. The molecule has 3 nitrogen and oxygen atoms in total. The molecule has 1 fully saturated rings. The topological polar surface area (TPSA) is 42.2 Å². The van der Waals surface area contributed by atoms with Gasteiger partial charge >= 0.3 is 5.97 Å². The van der Waals surface area contributed by atoms with Crippen molar-refractivity contribution in [3.05, 3.63) is 23.0 Å². The molecule has 1 saturated carbocycles. The van der Waals surface area contributed by atoms with Crippen molar-refractivity contribution in [1.29, 1.82) is 0 Å². The molecule has 15 heavy (non-hydrogen) atoms. The van der Waals surface area contributed by atoms with E-state index in [1.807, 2.05) is 13.8 Å². The monoisotopic (exact) mass is 207 g/mol. The van der Waals surface area contributed by atoms with E-state index in [1.165, 1.54) is 0 Å². The van der Waals surface area contributed by atoms with Crippen LogP contribution in [0.2, 0.25) is 0 Å². The molecule has 1 aromatic rings. The van der Waals surface area contributed by atoms with Crippen LogP contribution in [0.5, 0.6) is 0 Å². The van der Waals surface area contributed by atoms with Gasteiger partial charge < -0.3 is 9.67 Å². The lowest BCUT2D eigenvalue weighted by atomic mass is 10.2. The molecular weight excluding hydrogens is 190 g/mol. The minimum Gasteiger partial charge on any atom is -0.478 e. The van der Waals surface area contributed by atoms with E-state index in [1.54, 1.807) is 6.07 Å². The van der Waals surface area contributed by atoms with Gasteiger partial charge in [0.25, 0.3) is 0 Å². The van der Waals surface area contributed by atoms with E-state index < -0.39 is 5.97 Å². The summed E-state index contributed by atoms with van der Waals surface area (Å²) in [5, 5.41) is 9.02. The van der Waals surface area contributed by atoms with Gasteiger partial charge in [0.15, 0.2) is 0 Å². The van der Waals surface area contributed by atoms with Gasteiger partial charge in [0.05, 0.1) is 5.56 Å². The number of aromatic nitrogens is 1. The average molecular weight is 207 g/mol. The molecule has 0 aromatic carbocycles. The SMILES string of the molecule is Cc1cc(C(=O)O)c(C)n1C1CC1(C)C. The molecule has 2 rings (SSSR count). The van der Waals surface area contributed by atoms with Gasteiger partial charge in [0.2, 0.25) is 0 Å². The molecule has 1 unspecified atom stereocenters. The van der Waals surface area contributed by atoms with Crippen molar-refractivity contribution in [1.82, 2.24) is 4.57 Å². The van der Waals surface area contributed by atoms with Gasteiger partial charge in [-0.15, -0.1) is 0 Å². The van der Waals surface area contributed by atoms with Gasteiger partial charge in [0, 0.05) is 17.4 Å². The standard InChI is InChI=1S/C12H17NO2/c1-7-5-9(11(14)15)8(2)13(7)10-6-12(10,3)4/h5,10H,6H2,1-4H3,(H,14,15). The lowest BCUT2D eigenvalue weighted by Gasteiger charge is -2.11. The van der Waals surface area contributed by atoms with Crippen LogP contribution in [0.3, 0.4) is 0 Å². The lowest BCUT2D eigenvalue weighted by molar-refractivity contribution is 0.0696. The molecular formula is C12H17NO2. The van der Waals surface area contributed by atoms with Crippen LogP contribution >= 0.6 is 0 Å². The van der Waals surface area contributed by atoms with Gasteiger partial charge in [-0.2, -0.15) is 0 Å². The van der Waals surface area contributed by atoms with Crippen LogP contribution in [-0.4, -0.2) is 15.6 Å². The maximum Gasteiger partial charge on any atom is 0.337 e. The van der Waals surface area contributed by atoms with Crippen LogP contribution in [0.4, 0.5) is 0 Å². The number of carboxylic acid groups (broad SMARTS) is 1. The molecule has 1 atom stereocenters. The number of aromatic carboxylic acids is 1. The van der Waals surface area contributed by atoms with Crippen LogP contribution in [-0.2, 0) is 0 Å². The van der Waals surface area contributed by atoms with Crippen molar-refractivity contribution in [2.75, 3.05) is 0 Å². The normalized spacial score (nSPS) is 22.8. The van der Waals surface area contributed by atoms with E-state index in [9.17, 15) is 4.79 Å². The molecule has 0 spiro atoms. The zero-order valence-electron chi connectivity index (χ0n) is 9.66. The smallest absolute Gasteiger partial charge is 0.337 e. The van der Waals surface area contributed by atoms with Crippen LogP contribution in [0, 0.1) is 19.3 Å². The first-order valence-corrected chi connectivity index (χ1v) is 5.26. The minimum absolute atomic E-state index is 0.324. The van der Waals surface area contributed by atoms with E-state index in [4.69, 9.17) is 5.11 Å². The Bertz CT molecular complexity index is 429. The van der Waals surface area contributed by atoms with Crippen LogP contribution in [0.25, 0.3) is 0 Å². The Labute approximate surface area is 89.7 Å². The highest BCUT2D eigenvalue weighted by atomic mass is 16.4. The van der Waals surface area contributed by atoms with E-state index >= 15 is 0 Å². The third kappa shape index (κ3) is 1.46. The maximum atomic E-state index is 11.0. The molecule has 1 heterocycles. The highest BCUT2D eigenvalue weighted by Gasteiger charge is 2.48.